The molecular formula is C17H17N3O2S. The van der Waals surface area contributed by atoms with Crippen LogP contribution in [0, 0.1) is 0 Å². The summed E-state index contributed by atoms with van der Waals surface area (Å²) in [5, 5.41) is 3.94. The lowest BCUT2D eigenvalue weighted by molar-refractivity contribution is 0.102. The third-order valence-corrected chi connectivity index (χ3v) is 4.82. The Balaban J connectivity index is 1.86. The number of fused-ring (bicyclic) bond motifs is 1. The number of aromatic nitrogens is 2. The molecule has 1 aromatic carbocycles. The fourth-order valence-corrected chi connectivity index (χ4v) is 3.21. The normalized spacial score (nSPS) is 11.1. The lowest BCUT2D eigenvalue weighted by atomic mass is 10.2. The average molecular weight is 327 g/mol. The van der Waals surface area contributed by atoms with Crippen LogP contribution in [0.1, 0.15) is 35.1 Å². The monoisotopic (exact) mass is 327 g/mol. The Morgan fingerprint density at radius 3 is 2.74 bits per heavy atom. The third kappa shape index (κ3) is 3.17. The van der Waals surface area contributed by atoms with Crippen molar-refractivity contribution in [3.05, 3.63) is 57.5 Å². The van der Waals surface area contributed by atoms with Gasteiger partial charge in [0.05, 0.1) is 20.8 Å². The van der Waals surface area contributed by atoms with Crippen molar-refractivity contribution in [1.82, 2.24) is 9.55 Å². The Morgan fingerprint density at radius 1 is 1.26 bits per heavy atom. The van der Waals surface area contributed by atoms with E-state index in [0.29, 0.717) is 11.5 Å². The minimum absolute atomic E-state index is 0.145. The van der Waals surface area contributed by atoms with E-state index in [9.17, 15) is 9.59 Å². The molecule has 0 aliphatic rings. The smallest absolute Gasteiger partial charge is 0.257 e. The number of nitrogens with zero attached hydrogens (tertiary/aromatic N) is 2. The molecule has 3 rings (SSSR count). The molecule has 0 spiro atoms. The van der Waals surface area contributed by atoms with E-state index in [1.165, 1.54) is 22.9 Å². The lowest BCUT2D eigenvalue weighted by Crippen LogP contribution is -2.19. The second-order valence-corrected chi connectivity index (χ2v) is 6.77. The first-order valence-electron chi connectivity index (χ1n) is 7.32. The van der Waals surface area contributed by atoms with E-state index in [2.05, 4.69) is 24.1 Å². The third-order valence-electron chi connectivity index (χ3n) is 3.50. The highest BCUT2D eigenvalue weighted by molar-refractivity contribution is 7.18. The van der Waals surface area contributed by atoms with Crippen LogP contribution in [0.3, 0.4) is 0 Å². The number of carbonyl (C=O) groups excluding carboxylic acids is 1. The Bertz CT molecular complexity index is 940. The van der Waals surface area contributed by atoms with E-state index < -0.39 is 0 Å². The highest BCUT2D eigenvalue weighted by Gasteiger charge is 2.10. The minimum Gasteiger partial charge on any atom is -0.322 e. The Hall–Kier alpha value is -2.47. The molecule has 3 aromatic rings. The molecule has 0 unspecified atom stereocenters. The predicted octanol–water partition coefficient (Wildman–Crippen LogP) is 3.37. The first-order chi connectivity index (χ1) is 10.9. The molecule has 23 heavy (non-hydrogen) atoms. The fourth-order valence-electron chi connectivity index (χ4n) is 2.20. The Kier molecular flexibility index (Phi) is 4.00. The molecule has 118 valence electrons. The number of rotatable bonds is 3. The van der Waals surface area contributed by atoms with Crippen LogP contribution in [0.25, 0.3) is 10.2 Å². The van der Waals surface area contributed by atoms with Crippen LogP contribution in [-0.2, 0) is 7.05 Å². The largest absolute Gasteiger partial charge is 0.322 e. The van der Waals surface area contributed by atoms with E-state index in [4.69, 9.17) is 0 Å². The van der Waals surface area contributed by atoms with Crippen LogP contribution in [0.15, 0.2) is 41.3 Å². The molecule has 1 amide bonds. The van der Waals surface area contributed by atoms with Gasteiger partial charge in [-0.1, -0.05) is 13.8 Å². The van der Waals surface area contributed by atoms with Crippen molar-refractivity contribution in [3.8, 4) is 0 Å². The van der Waals surface area contributed by atoms with Gasteiger partial charge in [0.1, 0.15) is 0 Å². The number of anilines is 1. The number of nitrogens with one attached hydrogen (secondary N) is 1. The van der Waals surface area contributed by atoms with E-state index in [1.54, 1.807) is 18.4 Å². The molecule has 0 aliphatic heterocycles. The predicted molar refractivity (Wildman–Crippen MR) is 93.3 cm³/mol. The average Bonchev–Trinajstić information content (AvgIpc) is 2.93. The van der Waals surface area contributed by atoms with Gasteiger partial charge in [0, 0.05) is 30.9 Å². The minimum atomic E-state index is -0.242. The van der Waals surface area contributed by atoms with Crippen LogP contribution >= 0.6 is 11.3 Å². The van der Waals surface area contributed by atoms with Gasteiger partial charge in [-0.2, -0.15) is 0 Å². The molecular weight excluding hydrogens is 310 g/mol. The van der Waals surface area contributed by atoms with E-state index in [0.717, 1.165) is 20.9 Å². The van der Waals surface area contributed by atoms with Gasteiger partial charge < -0.3 is 9.88 Å². The maximum absolute atomic E-state index is 12.3. The number of carbonyl (C=O) groups is 1. The summed E-state index contributed by atoms with van der Waals surface area (Å²) in [4.78, 5) is 28.2. The number of pyridine rings is 1. The zero-order valence-corrected chi connectivity index (χ0v) is 14.0. The molecule has 0 fully saturated rings. The van der Waals surface area contributed by atoms with Gasteiger partial charge in [0.25, 0.3) is 5.91 Å². The molecule has 2 aromatic heterocycles. The molecule has 0 atom stereocenters. The molecule has 0 bridgehead atoms. The summed E-state index contributed by atoms with van der Waals surface area (Å²) < 4.78 is 2.43. The van der Waals surface area contributed by atoms with Crippen molar-refractivity contribution in [3.63, 3.8) is 0 Å². The Labute approximate surface area is 137 Å². The summed E-state index contributed by atoms with van der Waals surface area (Å²) in [6.07, 6.45) is 1.53. The number of hydrogen-bond donors (Lipinski definition) is 1. The molecule has 0 saturated heterocycles. The van der Waals surface area contributed by atoms with Gasteiger partial charge in [-0.05, 0) is 24.3 Å². The number of thiazole rings is 1. The van der Waals surface area contributed by atoms with E-state index in [1.807, 2.05) is 18.2 Å². The summed E-state index contributed by atoms with van der Waals surface area (Å²) in [6, 6.07) is 8.59. The van der Waals surface area contributed by atoms with Gasteiger partial charge in [-0.25, -0.2) is 4.98 Å². The SMILES string of the molecule is CC(C)c1nc2ccc(NC(=O)c3ccc(=O)n(C)c3)cc2s1. The van der Waals surface area contributed by atoms with Crippen LogP contribution < -0.4 is 10.9 Å². The summed E-state index contributed by atoms with van der Waals surface area (Å²) in [7, 11) is 1.62. The first kappa shape index (κ1) is 15.4. The van der Waals surface area contributed by atoms with Crippen LogP contribution in [0.4, 0.5) is 5.69 Å². The van der Waals surface area contributed by atoms with Gasteiger partial charge in [0.15, 0.2) is 0 Å². The Morgan fingerprint density at radius 2 is 2.04 bits per heavy atom. The number of hydrogen-bond acceptors (Lipinski definition) is 4. The van der Waals surface area contributed by atoms with Crippen molar-refractivity contribution in [2.24, 2.45) is 7.05 Å². The maximum Gasteiger partial charge on any atom is 0.257 e. The zero-order chi connectivity index (χ0) is 16.6. The molecule has 0 aliphatic carbocycles. The molecule has 0 saturated carbocycles. The van der Waals surface area contributed by atoms with Crippen LogP contribution in [0.5, 0.6) is 0 Å². The molecule has 5 nitrogen and oxygen atoms in total. The van der Waals surface area contributed by atoms with Crippen molar-refractivity contribution < 1.29 is 4.79 Å². The fraction of sp³-hybridized carbons (Fsp3) is 0.235. The number of amides is 1. The quantitative estimate of drug-likeness (QED) is 0.802. The van der Waals surface area contributed by atoms with Crippen molar-refractivity contribution in [2.75, 3.05) is 5.32 Å². The molecule has 1 N–H and O–H groups in total. The standard InChI is InChI=1S/C17H17N3O2S/c1-10(2)17-19-13-6-5-12(8-14(13)23-17)18-16(22)11-4-7-15(21)20(3)9-11/h4-10H,1-3H3,(H,18,22). The second kappa shape index (κ2) is 5.96. The number of aryl methyl sites for hydroxylation is 1. The second-order valence-electron chi connectivity index (χ2n) is 5.71. The lowest BCUT2D eigenvalue weighted by Gasteiger charge is -2.06. The van der Waals surface area contributed by atoms with Crippen molar-refractivity contribution in [1.29, 1.82) is 0 Å². The van der Waals surface area contributed by atoms with Gasteiger partial charge in [-0.15, -0.1) is 11.3 Å². The summed E-state index contributed by atoms with van der Waals surface area (Å²) in [5.41, 5.74) is 1.96. The van der Waals surface area contributed by atoms with Gasteiger partial charge in [0.2, 0.25) is 5.56 Å². The summed E-state index contributed by atoms with van der Waals surface area (Å²) >= 11 is 1.64. The van der Waals surface area contributed by atoms with E-state index >= 15 is 0 Å². The summed E-state index contributed by atoms with van der Waals surface area (Å²) in [6.45, 7) is 4.22. The zero-order valence-electron chi connectivity index (χ0n) is 13.2. The molecule has 0 radical (unpaired) electrons. The van der Waals surface area contributed by atoms with Gasteiger partial charge >= 0.3 is 0 Å². The van der Waals surface area contributed by atoms with Crippen molar-refractivity contribution >= 4 is 33.1 Å². The first-order valence-corrected chi connectivity index (χ1v) is 8.14. The molecule has 2 heterocycles. The maximum atomic E-state index is 12.3. The van der Waals surface area contributed by atoms with Crippen molar-refractivity contribution in [2.45, 2.75) is 19.8 Å². The highest BCUT2D eigenvalue weighted by Crippen LogP contribution is 2.29. The summed E-state index contributed by atoms with van der Waals surface area (Å²) in [5.74, 6) is 0.143. The topological polar surface area (TPSA) is 64.0 Å². The number of benzene rings is 1. The van der Waals surface area contributed by atoms with E-state index in [-0.39, 0.29) is 11.5 Å². The molecule has 6 heteroatoms. The van der Waals surface area contributed by atoms with Gasteiger partial charge in [-0.3, -0.25) is 9.59 Å². The van der Waals surface area contributed by atoms with Crippen LogP contribution in [0.2, 0.25) is 0 Å². The van der Waals surface area contributed by atoms with Crippen LogP contribution in [-0.4, -0.2) is 15.5 Å². The highest BCUT2D eigenvalue weighted by atomic mass is 32.1.